The van der Waals surface area contributed by atoms with Gasteiger partial charge < -0.3 is 0 Å². The summed E-state index contributed by atoms with van der Waals surface area (Å²) < 4.78 is 1.15. The van der Waals surface area contributed by atoms with Crippen LogP contribution in [-0.2, 0) is 0 Å². The third kappa shape index (κ3) is 2.14. The van der Waals surface area contributed by atoms with Crippen molar-refractivity contribution in [1.82, 2.24) is 0 Å². The van der Waals surface area contributed by atoms with Crippen molar-refractivity contribution < 1.29 is 0 Å². The molecule has 0 aliphatic heterocycles. The standard InChI is InChI=1S/C19H19Br/c1-11-7-13(3)19(14(4)8-11)18-9-12(2)17-10-15(20)5-6-16(17)18/h5-10,18H,1-4H3. The molecule has 0 spiro atoms. The predicted molar refractivity (Wildman–Crippen MR) is 90.3 cm³/mol. The van der Waals surface area contributed by atoms with Crippen molar-refractivity contribution >= 4 is 21.5 Å². The molecule has 1 heteroatoms. The van der Waals surface area contributed by atoms with E-state index in [9.17, 15) is 0 Å². The first-order valence-electron chi connectivity index (χ1n) is 7.03. The topological polar surface area (TPSA) is 0 Å². The number of fused-ring (bicyclic) bond motifs is 1. The molecule has 0 heterocycles. The van der Waals surface area contributed by atoms with Crippen LogP contribution in [0.1, 0.15) is 46.2 Å². The lowest BCUT2D eigenvalue weighted by molar-refractivity contribution is 1.00. The summed E-state index contributed by atoms with van der Waals surface area (Å²) >= 11 is 3.58. The summed E-state index contributed by atoms with van der Waals surface area (Å²) in [5.41, 5.74) is 9.80. The molecule has 0 N–H and O–H groups in total. The molecule has 0 aromatic heterocycles. The normalized spacial score (nSPS) is 17.1. The number of halogens is 1. The molecule has 0 saturated heterocycles. The van der Waals surface area contributed by atoms with Crippen LogP contribution in [0.5, 0.6) is 0 Å². The zero-order chi connectivity index (χ0) is 14.4. The van der Waals surface area contributed by atoms with E-state index >= 15 is 0 Å². The lowest BCUT2D eigenvalue weighted by Gasteiger charge is -2.18. The van der Waals surface area contributed by atoms with Gasteiger partial charge in [-0.25, -0.2) is 0 Å². The molecule has 0 fully saturated rings. The van der Waals surface area contributed by atoms with Gasteiger partial charge in [-0.05, 0) is 73.2 Å². The molecule has 0 radical (unpaired) electrons. The molecule has 20 heavy (non-hydrogen) atoms. The minimum absolute atomic E-state index is 0.402. The molecular formula is C19H19Br. The smallest absolute Gasteiger partial charge is 0.0286 e. The predicted octanol–water partition coefficient (Wildman–Crippen LogP) is 5.92. The fraction of sp³-hybridized carbons (Fsp3) is 0.263. The van der Waals surface area contributed by atoms with Crippen molar-refractivity contribution in [2.75, 3.05) is 0 Å². The lowest BCUT2D eigenvalue weighted by atomic mass is 9.86. The fourth-order valence-electron chi connectivity index (χ4n) is 3.49. The highest BCUT2D eigenvalue weighted by Crippen LogP contribution is 2.42. The van der Waals surface area contributed by atoms with E-state index < -0.39 is 0 Å². The van der Waals surface area contributed by atoms with Gasteiger partial charge in [0.15, 0.2) is 0 Å². The Bertz CT molecular complexity index is 700. The molecular weight excluding hydrogens is 308 g/mol. The number of rotatable bonds is 1. The largest absolute Gasteiger partial charge is 0.0691 e. The monoisotopic (exact) mass is 326 g/mol. The van der Waals surface area contributed by atoms with Crippen LogP contribution in [0, 0.1) is 20.8 Å². The molecule has 2 aromatic rings. The van der Waals surface area contributed by atoms with Gasteiger partial charge in [-0.15, -0.1) is 0 Å². The van der Waals surface area contributed by atoms with Gasteiger partial charge in [0.05, 0.1) is 0 Å². The molecule has 1 atom stereocenters. The summed E-state index contributed by atoms with van der Waals surface area (Å²) in [6.07, 6.45) is 2.40. The second-order valence-corrected chi connectivity index (χ2v) is 6.79. The van der Waals surface area contributed by atoms with E-state index in [2.05, 4.69) is 80.0 Å². The number of aryl methyl sites for hydroxylation is 3. The summed E-state index contributed by atoms with van der Waals surface area (Å²) in [6.45, 7) is 8.85. The Morgan fingerprint density at radius 2 is 1.55 bits per heavy atom. The van der Waals surface area contributed by atoms with E-state index in [0.29, 0.717) is 5.92 Å². The van der Waals surface area contributed by atoms with E-state index in [-0.39, 0.29) is 0 Å². The average Bonchev–Trinajstić information content (AvgIpc) is 2.65. The van der Waals surface area contributed by atoms with Crippen LogP contribution >= 0.6 is 15.9 Å². The molecule has 102 valence electrons. The Morgan fingerprint density at radius 1 is 0.900 bits per heavy atom. The molecule has 0 nitrogen and oxygen atoms in total. The Balaban J connectivity index is 2.20. The van der Waals surface area contributed by atoms with Crippen molar-refractivity contribution in [2.45, 2.75) is 33.6 Å². The number of allylic oxidation sites excluding steroid dienone is 2. The van der Waals surface area contributed by atoms with Gasteiger partial charge in [-0.2, -0.15) is 0 Å². The zero-order valence-corrected chi connectivity index (χ0v) is 14.0. The first kappa shape index (κ1) is 13.6. The van der Waals surface area contributed by atoms with Crippen molar-refractivity contribution in [3.05, 3.63) is 74.3 Å². The van der Waals surface area contributed by atoms with Gasteiger partial charge in [0.2, 0.25) is 0 Å². The average molecular weight is 327 g/mol. The lowest BCUT2D eigenvalue weighted by Crippen LogP contribution is -2.02. The first-order valence-corrected chi connectivity index (χ1v) is 7.82. The third-order valence-corrected chi connectivity index (χ3v) is 4.73. The SMILES string of the molecule is CC1=CC(c2c(C)cc(C)cc2C)c2ccc(Br)cc21. The Labute approximate surface area is 129 Å². The molecule has 1 unspecified atom stereocenters. The number of benzene rings is 2. The summed E-state index contributed by atoms with van der Waals surface area (Å²) in [6, 6.07) is 11.2. The summed E-state index contributed by atoms with van der Waals surface area (Å²) in [7, 11) is 0. The highest BCUT2D eigenvalue weighted by molar-refractivity contribution is 9.10. The first-order chi connectivity index (χ1) is 9.47. The van der Waals surface area contributed by atoms with Crippen LogP contribution in [0.4, 0.5) is 0 Å². The second-order valence-electron chi connectivity index (χ2n) is 5.87. The maximum Gasteiger partial charge on any atom is 0.0286 e. The summed E-state index contributed by atoms with van der Waals surface area (Å²) in [5.74, 6) is 0.402. The Morgan fingerprint density at radius 3 is 2.20 bits per heavy atom. The van der Waals surface area contributed by atoms with Gasteiger partial charge >= 0.3 is 0 Å². The Kier molecular flexibility index (Phi) is 3.33. The van der Waals surface area contributed by atoms with Crippen LogP contribution < -0.4 is 0 Å². The third-order valence-electron chi connectivity index (χ3n) is 4.24. The van der Waals surface area contributed by atoms with Crippen LogP contribution in [0.2, 0.25) is 0 Å². The van der Waals surface area contributed by atoms with Gasteiger partial charge in [0.1, 0.15) is 0 Å². The van der Waals surface area contributed by atoms with E-state index in [0.717, 1.165) is 4.47 Å². The number of hydrogen-bond acceptors (Lipinski definition) is 0. The van der Waals surface area contributed by atoms with Gasteiger partial charge in [-0.3, -0.25) is 0 Å². The second kappa shape index (κ2) is 4.89. The van der Waals surface area contributed by atoms with E-state index in [1.165, 1.54) is 39.0 Å². The van der Waals surface area contributed by atoms with Crippen LogP contribution in [-0.4, -0.2) is 0 Å². The van der Waals surface area contributed by atoms with Crippen molar-refractivity contribution in [3.8, 4) is 0 Å². The summed E-state index contributed by atoms with van der Waals surface area (Å²) in [4.78, 5) is 0. The Hall–Kier alpha value is -1.34. The number of hydrogen-bond donors (Lipinski definition) is 0. The van der Waals surface area contributed by atoms with Crippen LogP contribution in [0.25, 0.3) is 5.57 Å². The molecule has 3 rings (SSSR count). The summed E-state index contributed by atoms with van der Waals surface area (Å²) in [5, 5.41) is 0. The van der Waals surface area contributed by atoms with Crippen molar-refractivity contribution in [2.24, 2.45) is 0 Å². The molecule has 0 bridgehead atoms. The highest BCUT2D eigenvalue weighted by atomic mass is 79.9. The van der Waals surface area contributed by atoms with E-state index in [1.807, 2.05) is 0 Å². The van der Waals surface area contributed by atoms with E-state index in [4.69, 9.17) is 0 Å². The molecule has 1 aliphatic rings. The van der Waals surface area contributed by atoms with Gasteiger partial charge in [0, 0.05) is 10.4 Å². The molecule has 1 aliphatic carbocycles. The van der Waals surface area contributed by atoms with Gasteiger partial charge in [-0.1, -0.05) is 45.8 Å². The minimum Gasteiger partial charge on any atom is -0.0691 e. The minimum atomic E-state index is 0.402. The van der Waals surface area contributed by atoms with Crippen molar-refractivity contribution in [1.29, 1.82) is 0 Å². The van der Waals surface area contributed by atoms with Crippen LogP contribution in [0.15, 0.2) is 40.9 Å². The molecule has 0 saturated carbocycles. The maximum atomic E-state index is 3.58. The molecule has 0 amide bonds. The van der Waals surface area contributed by atoms with Crippen molar-refractivity contribution in [3.63, 3.8) is 0 Å². The van der Waals surface area contributed by atoms with Gasteiger partial charge in [0.25, 0.3) is 0 Å². The highest BCUT2D eigenvalue weighted by Gasteiger charge is 2.25. The molecule has 2 aromatic carbocycles. The maximum absolute atomic E-state index is 3.58. The zero-order valence-electron chi connectivity index (χ0n) is 12.4. The van der Waals surface area contributed by atoms with Crippen LogP contribution in [0.3, 0.4) is 0 Å². The van der Waals surface area contributed by atoms with E-state index in [1.54, 1.807) is 0 Å². The fourth-order valence-corrected chi connectivity index (χ4v) is 3.85. The quantitative estimate of drug-likeness (QED) is 0.609.